The Morgan fingerprint density at radius 1 is 0.611 bits per heavy atom. The summed E-state index contributed by atoms with van der Waals surface area (Å²) in [5, 5.41) is 0. The molecule has 0 fully saturated rings. The smallest absolute Gasteiger partial charge is 0.174 e. The van der Waals surface area contributed by atoms with E-state index in [-0.39, 0.29) is 12.2 Å². The molecular weight excluding hydrogens is 232 g/mol. The first-order valence-corrected chi connectivity index (χ1v) is 5.67. The maximum atomic E-state index is 5.44. The highest BCUT2D eigenvalue weighted by molar-refractivity contribution is 4.86. The van der Waals surface area contributed by atoms with Crippen molar-refractivity contribution in [2.24, 2.45) is 0 Å². The quantitative estimate of drug-likeness (QED) is 0.531. The van der Waals surface area contributed by atoms with Crippen molar-refractivity contribution in [1.29, 1.82) is 0 Å². The standard InChI is InChI=1S/C14H22O4/c1-7-15-11(5)13(17-9-3)14(18-10-4)12(6)16-8-2/h7-14H,1-4H2,5-6H3. The second-order valence-electron chi connectivity index (χ2n) is 3.55. The van der Waals surface area contributed by atoms with Crippen LogP contribution in [0, 0.1) is 0 Å². The lowest BCUT2D eigenvalue weighted by Crippen LogP contribution is -2.45. The van der Waals surface area contributed by atoms with Gasteiger partial charge in [-0.05, 0) is 13.8 Å². The fourth-order valence-electron chi connectivity index (χ4n) is 1.59. The van der Waals surface area contributed by atoms with Crippen LogP contribution in [0.15, 0.2) is 51.4 Å². The van der Waals surface area contributed by atoms with Crippen LogP contribution in [0.5, 0.6) is 0 Å². The molecule has 0 rings (SSSR count). The minimum absolute atomic E-state index is 0.277. The van der Waals surface area contributed by atoms with Crippen molar-refractivity contribution in [1.82, 2.24) is 0 Å². The van der Waals surface area contributed by atoms with E-state index in [9.17, 15) is 0 Å². The number of hydrogen-bond acceptors (Lipinski definition) is 4. The van der Waals surface area contributed by atoms with Crippen LogP contribution < -0.4 is 0 Å². The summed E-state index contributed by atoms with van der Waals surface area (Å²) in [4.78, 5) is 0. The van der Waals surface area contributed by atoms with Gasteiger partial charge in [0.2, 0.25) is 0 Å². The summed E-state index contributed by atoms with van der Waals surface area (Å²) in [6.07, 6.45) is 4.02. The van der Waals surface area contributed by atoms with E-state index in [1.807, 2.05) is 13.8 Å². The lowest BCUT2D eigenvalue weighted by atomic mass is 10.0. The van der Waals surface area contributed by atoms with Crippen LogP contribution in [-0.2, 0) is 18.9 Å². The van der Waals surface area contributed by atoms with Crippen molar-refractivity contribution in [2.75, 3.05) is 0 Å². The van der Waals surface area contributed by atoms with Crippen molar-refractivity contribution in [3.8, 4) is 0 Å². The predicted octanol–water partition coefficient (Wildman–Crippen LogP) is 3.14. The van der Waals surface area contributed by atoms with Crippen molar-refractivity contribution in [3.63, 3.8) is 0 Å². The molecule has 102 valence electrons. The van der Waals surface area contributed by atoms with Crippen LogP contribution in [0.4, 0.5) is 0 Å². The lowest BCUT2D eigenvalue weighted by Gasteiger charge is -2.32. The molecule has 4 unspecified atom stereocenters. The molecule has 0 saturated heterocycles. The normalized spacial score (nSPS) is 16.3. The Morgan fingerprint density at radius 3 is 1.11 bits per heavy atom. The van der Waals surface area contributed by atoms with Gasteiger partial charge in [0.05, 0.1) is 25.0 Å². The van der Waals surface area contributed by atoms with Gasteiger partial charge in [-0.25, -0.2) is 0 Å². The average molecular weight is 254 g/mol. The number of rotatable bonds is 11. The Balaban J connectivity index is 4.93. The van der Waals surface area contributed by atoms with Gasteiger partial charge in [0.1, 0.15) is 12.2 Å². The van der Waals surface area contributed by atoms with E-state index in [1.54, 1.807) is 0 Å². The summed E-state index contributed by atoms with van der Waals surface area (Å²) in [7, 11) is 0. The molecule has 0 aromatic rings. The molecule has 4 nitrogen and oxygen atoms in total. The van der Waals surface area contributed by atoms with Gasteiger partial charge in [0, 0.05) is 0 Å². The molecule has 0 bridgehead atoms. The molecular formula is C14H22O4. The highest BCUT2D eigenvalue weighted by atomic mass is 16.6. The molecule has 0 radical (unpaired) electrons. The van der Waals surface area contributed by atoms with E-state index >= 15 is 0 Å². The third kappa shape index (κ3) is 4.99. The zero-order valence-corrected chi connectivity index (χ0v) is 11.1. The van der Waals surface area contributed by atoms with Crippen LogP contribution in [0.3, 0.4) is 0 Å². The summed E-state index contributed by atoms with van der Waals surface area (Å²) in [6.45, 7) is 17.8. The van der Waals surface area contributed by atoms with E-state index in [1.165, 1.54) is 25.0 Å². The summed E-state index contributed by atoms with van der Waals surface area (Å²) in [5.74, 6) is 0. The first-order chi connectivity index (χ1) is 8.62. The van der Waals surface area contributed by atoms with Crippen LogP contribution in [-0.4, -0.2) is 24.4 Å². The summed E-state index contributed by atoms with van der Waals surface area (Å²) >= 11 is 0. The molecule has 4 heteroatoms. The zero-order chi connectivity index (χ0) is 14.0. The Morgan fingerprint density at radius 2 is 0.889 bits per heavy atom. The maximum absolute atomic E-state index is 5.44. The van der Waals surface area contributed by atoms with Gasteiger partial charge in [-0.1, -0.05) is 26.3 Å². The van der Waals surface area contributed by atoms with E-state index in [0.29, 0.717) is 0 Å². The second-order valence-corrected chi connectivity index (χ2v) is 3.55. The van der Waals surface area contributed by atoms with Gasteiger partial charge in [-0.3, -0.25) is 0 Å². The van der Waals surface area contributed by atoms with Crippen molar-refractivity contribution >= 4 is 0 Å². The molecule has 0 aromatic carbocycles. The zero-order valence-electron chi connectivity index (χ0n) is 11.1. The van der Waals surface area contributed by atoms with Crippen molar-refractivity contribution in [2.45, 2.75) is 38.3 Å². The second kappa shape index (κ2) is 9.22. The minimum Gasteiger partial charge on any atom is -0.495 e. The monoisotopic (exact) mass is 254 g/mol. The van der Waals surface area contributed by atoms with Gasteiger partial charge in [0.25, 0.3) is 0 Å². The van der Waals surface area contributed by atoms with E-state index < -0.39 is 12.2 Å². The fraction of sp³-hybridized carbons (Fsp3) is 0.429. The summed E-state index contributed by atoms with van der Waals surface area (Å²) in [6, 6.07) is 0. The van der Waals surface area contributed by atoms with Crippen LogP contribution in [0.2, 0.25) is 0 Å². The van der Waals surface area contributed by atoms with Gasteiger partial charge >= 0.3 is 0 Å². The van der Waals surface area contributed by atoms with E-state index in [4.69, 9.17) is 18.9 Å². The molecule has 18 heavy (non-hydrogen) atoms. The minimum atomic E-state index is -0.409. The lowest BCUT2D eigenvalue weighted by molar-refractivity contribution is -0.108. The number of hydrogen-bond donors (Lipinski definition) is 0. The topological polar surface area (TPSA) is 36.9 Å². The highest BCUT2D eigenvalue weighted by Crippen LogP contribution is 2.18. The van der Waals surface area contributed by atoms with Crippen molar-refractivity contribution < 1.29 is 18.9 Å². The highest BCUT2D eigenvalue weighted by Gasteiger charge is 2.35. The maximum Gasteiger partial charge on any atom is 0.174 e. The molecule has 0 heterocycles. The molecule has 0 aliphatic rings. The van der Waals surface area contributed by atoms with Gasteiger partial charge < -0.3 is 18.9 Å². The Kier molecular flexibility index (Phi) is 8.27. The summed E-state index contributed by atoms with van der Waals surface area (Å²) < 4.78 is 21.5. The van der Waals surface area contributed by atoms with Crippen LogP contribution in [0.1, 0.15) is 13.8 Å². The molecule has 0 N–H and O–H groups in total. The Bertz CT molecular complexity index is 247. The van der Waals surface area contributed by atoms with Gasteiger partial charge in [-0.2, -0.15) is 0 Å². The third-order valence-corrected chi connectivity index (χ3v) is 2.38. The first kappa shape index (κ1) is 16.2. The molecule has 0 aromatic heterocycles. The average Bonchev–Trinajstić information content (AvgIpc) is 2.34. The predicted molar refractivity (Wildman–Crippen MR) is 71.6 cm³/mol. The van der Waals surface area contributed by atoms with E-state index in [2.05, 4.69) is 26.3 Å². The molecule has 0 saturated carbocycles. The molecule has 0 aliphatic carbocycles. The molecule has 0 spiro atoms. The first-order valence-electron chi connectivity index (χ1n) is 5.67. The molecule has 0 amide bonds. The van der Waals surface area contributed by atoms with Crippen LogP contribution in [0.25, 0.3) is 0 Å². The fourth-order valence-corrected chi connectivity index (χ4v) is 1.59. The van der Waals surface area contributed by atoms with Crippen LogP contribution >= 0.6 is 0 Å². The van der Waals surface area contributed by atoms with Gasteiger partial charge in [-0.15, -0.1) is 0 Å². The summed E-state index contributed by atoms with van der Waals surface area (Å²) in [5.41, 5.74) is 0. The molecule has 0 aliphatic heterocycles. The molecule has 4 atom stereocenters. The van der Waals surface area contributed by atoms with Gasteiger partial charge in [0.15, 0.2) is 12.2 Å². The number of ether oxygens (including phenoxy) is 4. The SMILES string of the molecule is C=COC(C)C(OC=C)C(OC=C)C(C)OC=C. The Hall–Kier alpha value is -1.84. The van der Waals surface area contributed by atoms with E-state index in [0.717, 1.165) is 0 Å². The third-order valence-electron chi connectivity index (χ3n) is 2.38. The van der Waals surface area contributed by atoms with Crippen molar-refractivity contribution in [3.05, 3.63) is 51.4 Å². The largest absolute Gasteiger partial charge is 0.495 e. The Labute approximate surface area is 109 Å².